The van der Waals surface area contributed by atoms with Gasteiger partial charge in [0, 0.05) is 12.0 Å². The van der Waals surface area contributed by atoms with E-state index in [9.17, 15) is 17.8 Å². The van der Waals surface area contributed by atoms with Gasteiger partial charge in [-0.1, -0.05) is 62.0 Å². The molecule has 0 atom stereocenters. The molecule has 182 valence electrons. The van der Waals surface area contributed by atoms with Crippen molar-refractivity contribution in [3.05, 3.63) is 66.2 Å². The predicted molar refractivity (Wildman–Crippen MR) is 129 cm³/mol. The van der Waals surface area contributed by atoms with Gasteiger partial charge in [-0.25, -0.2) is 14.5 Å². The van der Waals surface area contributed by atoms with E-state index in [1.807, 2.05) is 43.3 Å². The third kappa shape index (κ3) is 6.64. The Balaban J connectivity index is 2.21. The van der Waals surface area contributed by atoms with Crippen LogP contribution in [-0.2, 0) is 32.9 Å². The fraction of sp³-hybridized carbons (Fsp3) is 0.375. The summed E-state index contributed by atoms with van der Waals surface area (Å²) in [6.45, 7) is 6.42. The lowest BCUT2D eigenvalue weighted by atomic mass is 9.92. The number of unbranched alkanes of at least 4 members (excludes halogenated alkanes) is 1. The van der Waals surface area contributed by atoms with Crippen LogP contribution in [0.25, 0.3) is 11.1 Å². The second kappa shape index (κ2) is 11.3. The molecule has 0 fully saturated rings. The highest BCUT2D eigenvalue weighted by Crippen LogP contribution is 2.36. The van der Waals surface area contributed by atoms with Crippen LogP contribution in [0.15, 0.2) is 55.1 Å². The van der Waals surface area contributed by atoms with Crippen molar-refractivity contribution < 1.29 is 22.6 Å². The molecule has 0 bridgehead atoms. The highest BCUT2D eigenvalue weighted by Gasteiger charge is 2.29. The molecular formula is C24H30N4O5S. The summed E-state index contributed by atoms with van der Waals surface area (Å²) in [5, 5.41) is 4.16. The van der Waals surface area contributed by atoms with Crippen LogP contribution in [-0.4, -0.2) is 33.7 Å². The van der Waals surface area contributed by atoms with Gasteiger partial charge >= 0.3 is 16.3 Å². The molecule has 9 nitrogen and oxygen atoms in total. The Hall–Kier alpha value is -3.24. The highest BCUT2D eigenvalue weighted by atomic mass is 32.2. The largest absolute Gasteiger partial charge is 0.391 e. The molecular weight excluding hydrogens is 456 g/mol. The van der Waals surface area contributed by atoms with E-state index in [1.54, 1.807) is 17.1 Å². The molecule has 0 spiro atoms. The maximum atomic E-state index is 12.4. The van der Waals surface area contributed by atoms with Crippen molar-refractivity contribution in [3.8, 4) is 11.1 Å². The number of anilines is 1. The molecule has 1 N–H and O–H groups in total. The lowest BCUT2D eigenvalue weighted by molar-refractivity contribution is -0.143. The number of carbonyl (C=O) groups is 1. The average molecular weight is 487 g/mol. The molecule has 1 heterocycles. The molecule has 0 unspecified atom stereocenters. The van der Waals surface area contributed by atoms with E-state index in [1.165, 1.54) is 6.33 Å². The fourth-order valence-electron chi connectivity index (χ4n) is 3.62. The summed E-state index contributed by atoms with van der Waals surface area (Å²) in [5.41, 5.74) is 3.03. The van der Waals surface area contributed by atoms with E-state index >= 15 is 0 Å². The minimum atomic E-state index is -4.93. The third-order valence-corrected chi connectivity index (χ3v) is 5.85. The van der Waals surface area contributed by atoms with Gasteiger partial charge in [0.25, 0.3) is 0 Å². The molecule has 0 aliphatic rings. The zero-order chi connectivity index (χ0) is 24.7. The van der Waals surface area contributed by atoms with Crippen LogP contribution in [0.1, 0.15) is 51.2 Å². The Morgan fingerprint density at radius 3 is 2.50 bits per heavy atom. The van der Waals surface area contributed by atoms with Crippen LogP contribution in [0, 0.1) is 5.92 Å². The fourth-order valence-corrected chi connectivity index (χ4v) is 4.20. The number of hydrogen-bond acceptors (Lipinski definition) is 6. The quantitative estimate of drug-likeness (QED) is 0.314. The lowest BCUT2D eigenvalue weighted by Gasteiger charge is -2.24. The summed E-state index contributed by atoms with van der Waals surface area (Å²) >= 11 is 0. The van der Waals surface area contributed by atoms with E-state index < -0.39 is 16.3 Å². The monoisotopic (exact) mass is 486 g/mol. The highest BCUT2D eigenvalue weighted by molar-refractivity contribution is 7.87. The molecule has 10 heteroatoms. The van der Waals surface area contributed by atoms with Crippen molar-refractivity contribution >= 4 is 22.0 Å². The van der Waals surface area contributed by atoms with Crippen molar-refractivity contribution in [3.63, 3.8) is 0 Å². The van der Waals surface area contributed by atoms with Crippen LogP contribution in [0.2, 0.25) is 0 Å². The van der Waals surface area contributed by atoms with Gasteiger partial charge < -0.3 is 4.84 Å². The van der Waals surface area contributed by atoms with Crippen LogP contribution >= 0.6 is 0 Å². The van der Waals surface area contributed by atoms with Crippen molar-refractivity contribution in [2.45, 2.75) is 53.0 Å². The van der Waals surface area contributed by atoms with Crippen LogP contribution in [0.3, 0.4) is 0 Å². The average Bonchev–Trinajstić information content (AvgIpc) is 3.29. The molecule has 0 saturated carbocycles. The Morgan fingerprint density at radius 1 is 1.18 bits per heavy atom. The van der Waals surface area contributed by atoms with Gasteiger partial charge in [-0.3, -0.25) is 4.55 Å². The molecule has 0 aliphatic heterocycles. The van der Waals surface area contributed by atoms with Crippen molar-refractivity contribution in [1.29, 1.82) is 0 Å². The van der Waals surface area contributed by atoms with Gasteiger partial charge in [-0.15, -0.1) is 0 Å². The van der Waals surface area contributed by atoms with E-state index in [0.717, 1.165) is 24.0 Å². The lowest BCUT2D eigenvalue weighted by Crippen LogP contribution is -2.33. The Bertz CT molecular complexity index is 1200. The smallest absolute Gasteiger partial charge is 0.324 e. The number of aromatic nitrogens is 3. The van der Waals surface area contributed by atoms with Gasteiger partial charge in [0.1, 0.15) is 18.3 Å². The molecule has 3 aromatic rings. The Morgan fingerprint density at radius 2 is 1.91 bits per heavy atom. The van der Waals surface area contributed by atoms with Crippen LogP contribution < -0.4 is 4.47 Å². The Kier molecular flexibility index (Phi) is 8.41. The third-order valence-electron chi connectivity index (χ3n) is 5.16. The maximum absolute atomic E-state index is 12.4. The molecule has 2 aromatic carbocycles. The van der Waals surface area contributed by atoms with Gasteiger partial charge in [0.2, 0.25) is 0 Å². The number of nitrogens with zero attached hydrogens (tertiary/aromatic N) is 4. The molecule has 0 aliphatic carbocycles. The van der Waals surface area contributed by atoms with Gasteiger partial charge in [-0.2, -0.15) is 13.5 Å². The first-order chi connectivity index (χ1) is 16.2. The summed E-state index contributed by atoms with van der Waals surface area (Å²) in [4.78, 5) is 21.5. The van der Waals surface area contributed by atoms with Gasteiger partial charge in [-0.05, 0) is 47.6 Å². The summed E-state index contributed by atoms with van der Waals surface area (Å²) < 4.78 is 36.8. The van der Waals surface area contributed by atoms with Crippen molar-refractivity contribution in [2.75, 3.05) is 4.47 Å². The Labute approximate surface area is 200 Å². The molecule has 0 saturated heterocycles. The van der Waals surface area contributed by atoms with Gasteiger partial charge in [0.05, 0.1) is 6.54 Å². The topological polar surface area (TPSA) is 115 Å². The second-order valence-electron chi connectivity index (χ2n) is 8.47. The van der Waals surface area contributed by atoms with Crippen molar-refractivity contribution in [2.24, 2.45) is 5.92 Å². The molecule has 3 rings (SSSR count). The van der Waals surface area contributed by atoms with Crippen LogP contribution in [0.5, 0.6) is 0 Å². The SMILES string of the molecule is CCCCC(=O)ON(c1cc(Cn2cncn2)c(CC(C)C)cc1-c1ccccc1)S(=O)(=O)O. The van der Waals surface area contributed by atoms with Crippen LogP contribution in [0.4, 0.5) is 5.69 Å². The standard InChI is InChI=1S/C24H30N4O5S/c1-4-5-11-24(29)33-28(34(30,31)32)23-14-21(15-27-17-25-16-26-27)20(12-18(2)3)13-22(23)19-9-7-6-8-10-19/h6-10,13-14,16-18H,4-5,11-12,15H2,1-3H3,(H,30,31,32). The normalized spacial score (nSPS) is 11.6. The first-order valence-corrected chi connectivity index (χ1v) is 12.6. The molecule has 34 heavy (non-hydrogen) atoms. The van der Waals surface area contributed by atoms with Crippen molar-refractivity contribution in [1.82, 2.24) is 14.8 Å². The summed E-state index contributed by atoms with van der Waals surface area (Å²) in [7, 11) is -4.93. The minimum absolute atomic E-state index is 0.0282. The maximum Gasteiger partial charge on any atom is 0.391 e. The number of benzene rings is 2. The number of hydrogen-bond donors (Lipinski definition) is 1. The summed E-state index contributed by atoms with van der Waals surface area (Å²) in [5.74, 6) is -0.420. The molecule has 0 radical (unpaired) electrons. The first kappa shape index (κ1) is 25.4. The van der Waals surface area contributed by atoms with E-state index in [4.69, 9.17) is 4.84 Å². The molecule has 1 aromatic heterocycles. The minimum Gasteiger partial charge on any atom is -0.324 e. The predicted octanol–water partition coefficient (Wildman–Crippen LogP) is 4.45. The second-order valence-corrected chi connectivity index (χ2v) is 9.69. The summed E-state index contributed by atoms with van der Waals surface area (Å²) in [6, 6.07) is 12.7. The molecule has 0 amide bonds. The van der Waals surface area contributed by atoms with Gasteiger partial charge in [0.15, 0.2) is 0 Å². The zero-order valence-corrected chi connectivity index (χ0v) is 20.4. The zero-order valence-electron chi connectivity index (χ0n) is 19.6. The number of rotatable bonds is 11. The van der Waals surface area contributed by atoms with E-state index in [0.29, 0.717) is 34.5 Å². The first-order valence-electron chi connectivity index (χ1n) is 11.2. The number of carbonyl (C=O) groups excluding carboxylic acids is 1. The van der Waals surface area contributed by atoms with E-state index in [-0.39, 0.29) is 12.1 Å². The van der Waals surface area contributed by atoms with E-state index in [2.05, 4.69) is 23.9 Å². The summed E-state index contributed by atoms with van der Waals surface area (Å²) in [6.07, 6.45) is 5.01.